The molecule has 0 aromatic rings. The smallest absolute Gasteiger partial charge is 0.107 e. The molecule has 0 aliphatic rings. The van der Waals surface area contributed by atoms with Crippen molar-refractivity contribution in [3.63, 3.8) is 0 Å². The van der Waals surface area contributed by atoms with Gasteiger partial charge in [0.05, 0.1) is 0 Å². The predicted molar refractivity (Wildman–Crippen MR) is 147 cm³/mol. The van der Waals surface area contributed by atoms with Crippen molar-refractivity contribution in [3.8, 4) is 0 Å². The van der Waals surface area contributed by atoms with Crippen molar-refractivity contribution < 1.29 is 0 Å². The molecule has 28 heavy (non-hydrogen) atoms. The average Bonchev–Trinajstić information content (AvgIpc) is 2.64. The second-order valence-corrected chi connectivity index (χ2v) is 16.1. The van der Waals surface area contributed by atoms with Crippen molar-refractivity contribution >= 4 is 30.7 Å². The summed E-state index contributed by atoms with van der Waals surface area (Å²) in [5.74, 6) is 0. The van der Waals surface area contributed by atoms with Crippen LogP contribution in [0.25, 0.3) is 0 Å². The van der Waals surface area contributed by atoms with E-state index in [2.05, 4.69) is 27.4 Å². The SMILES string of the molecule is CCCCCCCCP(C)(N)(CCCCCCCC)CCCCCCCC.I. The molecular weight excluding hydrogens is 472 g/mol. The maximum Gasteiger partial charge on any atom is -0.107 e. The maximum atomic E-state index is 7.29. The van der Waals surface area contributed by atoms with E-state index in [1.54, 1.807) is 0 Å². The van der Waals surface area contributed by atoms with Gasteiger partial charge in [-0.3, -0.25) is 0 Å². The molecule has 0 saturated heterocycles. The molecule has 0 aliphatic carbocycles. The largest absolute Gasteiger partial charge is 0.107 e. The molecule has 0 aromatic carbocycles. The van der Waals surface area contributed by atoms with E-state index in [0.29, 0.717) is 0 Å². The molecule has 0 rings (SSSR count). The number of hydrogen-bond acceptors (Lipinski definition) is 1. The Morgan fingerprint density at radius 3 is 0.893 bits per heavy atom. The fraction of sp³-hybridized carbons (Fsp3) is 1.00. The summed E-state index contributed by atoms with van der Waals surface area (Å²) in [5, 5.41) is 0. The van der Waals surface area contributed by atoms with Gasteiger partial charge in [0.25, 0.3) is 0 Å². The average molecular weight is 530 g/mol. The summed E-state index contributed by atoms with van der Waals surface area (Å²) in [6.45, 7) is 7.53. The first-order chi connectivity index (χ1) is 13.0. The molecule has 0 aromatic heterocycles. The van der Waals surface area contributed by atoms with Gasteiger partial charge in [0.15, 0.2) is 0 Å². The van der Waals surface area contributed by atoms with Crippen molar-refractivity contribution in [1.82, 2.24) is 0 Å². The predicted octanol–water partition coefficient (Wildman–Crippen LogP) is 9.74. The van der Waals surface area contributed by atoms with Crippen LogP contribution in [-0.2, 0) is 0 Å². The zero-order valence-corrected chi connectivity index (χ0v) is 23.5. The number of halogens is 1. The van der Waals surface area contributed by atoms with E-state index in [9.17, 15) is 0 Å². The van der Waals surface area contributed by atoms with Crippen LogP contribution < -0.4 is 5.50 Å². The first-order valence-electron chi connectivity index (χ1n) is 12.8. The molecular formula is C25H57INP. The van der Waals surface area contributed by atoms with Crippen molar-refractivity contribution in [2.24, 2.45) is 5.50 Å². The third kappa shape index (κ3) is 19.1. The van der Waals surface area contributed by atoms with Gasteiger partial charge in [0, 0.05) is 0 Å². The Bertz CT molecular complexity index is 272. The summed E-state index contributed by atoms with van der Waals surface area (Å²) in [5.41, 5.74) is 7.29. The molecule has 0 atom stereocenters. The van der Waals surface area contributed by atoms with E-state index < -0.39 is 6.75 Å². The van der Waals surface area contributed by atoms with Crippen molar-refractivity contribution in [2.75, 3.05) is 25.2 Å². The molecule has 0 spiro atoms. The quantitative estimate of drug-likeness (QED) is 0.0894. The Morgan fingerprint density at radius 1 is 0.429 bits per heavy atom. The van der Waals surface area contributed by atoms with Gasteiger partial charge in [0.1, 0.15) is 0 Å². The molecule has 0 radical (unpaired) electrons. The second-order valence-electron chi connectivity index (χ2n) is 9.90. The van der Waals surface area contributed by atoms with Crippen LogP contribution in [-0.4, -0.2) is 25.2 Å². The van der Waals surface area contributed by atoms with Gasteiger partial charge in [-0.2, -0.15) is 0 Å². The van der Waals surface area contributed by atoms with Gasteiger partial charge >= 0.3 is 174 Å². The normalized spacial score (nSPS) is 13.1. The van der Waals surface area contributed by atoms with Crippen molar-refractivity contribution in [3.05, 3.63) is 0 Å². The van der Waals surface area contributed by atoms with Crippen LogP contribution in [0.2, 0.25) is 0 Å². The summed E-state index contributed by atoms with van der Waals surface area (Å²) >= 11 is 0. The van der Waals surface area contributed by atoms with Crippen molar-refractivity contribution in [2.45, 2.75) is 136 Å². The molecule has 3 heteroatoms. The monoisotopic (exact) mass is 529 g/mol. The first-order valence-corrected chi connectivity index (χ1v) is 16.1. The molecule has 174 valence electrons. The maximum absolute atomic E-state index is 7.29. The Hall–Kier alpha value is 1.12. The molecule has 0 heterocycles. The minimum atomic E-state index is -1.94. The molecule has 0 amide bonds. The molecule has 0 fully saturated rings. The van der Waals surface area contributed by atoms with Crippen LogP contribution in [0.3, 0.4) is 0 Å². The number of hydrogen-bond donors (Lipinski definition) is 1. The Morgan fingerprint density at radius 2 is 0.643 bits per heavy atom. The molecule has 0 unspecified atom stereocenters. The fourth-order valence-electron chi connectivity index (χ4n) is 4.43. The molecule has 0 bridgehead atoms. The van der Waals surface area contributed by atoms with Gasteiger partial charge in [-0.15, -0.1) is 24.0 Å². The van der Waals surface area contributed by atoms with E-state index in [1.807, 2.05) is 0 Å². The Kier molecular flexibility index (Phi) is 22.4. The number of nitrogens with two attached hydrogens (primary N) is 1. The summed E-state index contributed by atoms with van der Waals surface area (Å²) in [4.78, 5) is 0. The van der Waals surface area contributed by atoms with Gasteiger partial charge in [-0.1, -0.05) is 0 Å². The van der Waals surface area contributed by atoms with Crippen LogP contribution in [0.15, 0.2) is 0 Å². The van der Waals surface area contributed by atoms with E-state index in [0.717, 1.165) is 0 Å². The van der Waals surface area contributed by atoms with Crippen LogP contribution in [0, 0.1) is 0 Å². The Labute approximate surface area is 197 Å². The van der Waals surface area contributed by atoms with Crippen LogP contribution >= 0.6 is 30.7 Å². The Balaban J connectivity index is 0. The van der Waals surface area contributed by atoms with Gasteiger partial charge in [-0.05, 0) is 0 Å². The van der Waals surface area contributed by atoms with Crippen molar-refractivity contribution in [1.29, 1.82) is 0 Å². The summed E-state index contributed by atoms with van der Waals surface area (Å²) in [7, 11) is 0. The second kappa shape index (κ2) is 20.0. The third-order valence-corrected chi connectivity index (χ3v) is 11.5. The number of unbranched alkanes of at least 4 members (excludes halogenated alkanes) is 15. The minimum absolute atomic E-state index is 0. The minimum Gasteiger partial charge on any atom is -0.107 e. The number of rotatable bonds is 21. The van der Waals surface area contributed by atoms with E-state index in [1.165, 1.54) is 134 Å². The zero-order valence-electron chi connectivity index (χ0n) is 20.3. The fourth-order valence-corrected chi connectivity index (χ4v) is 8.61. The molecule has 0 aliphatic heterocycles. The van der Waals surface area contributed by atoms with Crippen LogP contribution in [0.5, 0.6) is 0 Å². The summed E-state index contributed by atoms with van der Waals surface area (Å²) in [6, 6.07) is 0. The van der Waals surface area contributed by atoms with Gasteiger partial charge in [-0.25, -0.2) is 0 Å². The molecule has 2 N–H and O–H groups in total. The molecule has 0 saturated carbocycles. The topological polar surface area (TPSA) is 26.0 Å². The first kappa shape index (κ1) is 31.3. The molecule has 1 nitrogen and oxygen atoms in total. The van der Waals surface area contributed by atoms with E-state index in [4.69, 9.17) is 5.50 Å². The third-order valence-electron chi connectivity index (χ3n) is 6.54. The zero-order chi connectivity index (χ0) is 20.3. The summed E-state index contributed by atoms with van der Waals surface area (Å²) in [6.07, 6.45) is 29.3. The van der Waals surface area contributed by atoms with Gasteiger partial charge < -0.3 is 0 Å². The van der Waals surface area contributed by atoms with Gasteiger partial charge in [0.2, 0.25) is 0 Å². The summed E-state index contributed by atoms with van der Waals surface area (Å²) < 4.78 is 0. The van der Waals surface area contributed by atoms with E-state index in [-0.39, 0.29) is 24.0 Å². The van der Waals surface area contributed by atoms with Crippen LogP contribution in [0.4, 0.5) is 0 Å². The van der Waals surface area contributed by atoms with Crippen LogP contribution in [0.1, 0.15) is 136 Å². The standard InChI is InChI=1S/C25H56NP.HI/c1-5-8-11-14-17-20-23-27(4,26,24-21-18-15-12-9-6-2)25-22-19-16-13-10-7-3;/h5-26H2,1-4H3;1H. The van der Waals surface area contributed by atoms with E-state index >= 15 is 0 Å².